The number of anilines is 2. The Kier molecular flexibility index (Phi) is 7.87. The van der Waals surface area contributed by atoms with Gasteiger partial charge in [0.15, 0.2) is 0 Å². The van der Waals surface area contributed by atoms with E-state index in [0.29, 0.717) is 34.7 Å². The maximum atomic E-state index is 15.3. The number of hydrazine groups is 1. The van der Waals surface area contributed by atoms with Crippen LogP contribution < -0.4 is 15.1 Å². The molecule has 50 heavy (non-hydrogen) atoms. The number of rotatable bonds is 8. The lowest BCUT2D eigenvalue weighted by atomic mass is 9.49. The predicted molar refractivity (Wildman–Crippen MR) is 187 cm³/mol. The monoisotopic (exact) mass is 667 g/mol. The van der Waals surface area contributed by atoms with Gasteiger partial charge in [0.05, 0.1) is 41.2 Å². The summed E-state index contributed by atoms with van der Waals surface area (Å²) in [5.74, 6) is -4.23. The molecule has 2 aliphatic heterocycles. The SMILES string of the molecule is Cc1ccc(NN2C(=O)C3CC4C(=CCC5C(=O)N(c6ccccc6)C(=O)C54)C(c4ccccc4OCCO)C3(c3ccccc3)C2=O)cc1. The standard InChI is InChI=1S/C41H37N3O6/c1-25-16-18-27(19-17-25)42-44-38(47)33-24-32-29(20-21-31-35(32)39(48)43(37(31)46)28-12-6-3-7-13-28)36(30-14-8-9-15-34(30)50-23-22-45)41(33,40(44)49)26-10-4-2-5-11-26/h2-20,31-33,35-36,42,45H,21-24H2,1H3. The molecule has 4 aromatic rings. The number of hydrogen-bond donors (Lipinski definition) is 2. The van der Waals surface area contributed by atoms with Crippen LogP contribution in [0.3, 0.4) is 0 Å². The van der Waals surface area contributed by atoms with E-state index in [0.717, 1.165) is 16.1 Å². The molecule has 2 aliphatic carbocycles. The van der Waals surface area contributed by atoms with Gasteiger partial charge in [-0.1, -0.05) is 96.1 Å². The van der Waals surface area contributed by atoms with Crippen LogP contribution in [0, 0.1) is 30.6 Å². The Balaban J connectivity index is 1.33. The molecule has 0 bridgehead atoms. The first-order valence-corrected chi connectivity index (χ1v) is 17.1. The molecule has 0 spiro atoms. The van der Waals surface area contributed by atoms with Gasteiger partial charge in [-0.2, -0.15) is 5.01 Å². The highest BCUT2D eigenvalue weighted by molar-refractivity contribution is 6.22. The molecule has 4 amide bonds. The third-order valence-electron chi connectivity index (χ3n) is 11.0. The first-order valence-electron chi connectivity index (χ1n) is 17.1. The van der Waals surface area contributed by atoms with Crippen molar-refractivity contribution in [2.24, 2.45) is 23.7 Å². The Morgan fingerprint density at radius 1 is 0.800 bits per heavy atom. The molecule has 0 radical (unpaired) electrons. The Morgan fingerprint density at radius 2 is 1.48 bits per heavy atom. The van der Waals surface area contributed by atoms with E-state index in [4.69, 9.17) is 4.74 Å². The maximum absolute atomic E-state index is 15.3. The van der Waals surface area contributed by atoms with Crippen LogP contribution in [0.4, 0.5) is 11.4 Å². The minimum absolute atomic E-state index is 0.0334. The topological polar surface area (TPSA) is 116 Å². The Labute approximate surface area is 290 Å². The van der Waals surface area contributed by atoms with Gasteiger partial charge in [0.1, 0.15) is 12.4 Å². The van der Waals surface area contributed by atoms with Gasteiger partial charge >= 0.3 is 0 Å². The van der Waals surface area contributed by atoms with Crippen LogP contribution in [0.5, 0.6) is 5.75 Å². The predicted octanol–water partition coefficient (Wildman–Crippen LogP) is 5.56. The number of nitrogens with one attached hydrogen (secondary N) is 1. The molecule has 2 heterocycles. The number of hydrogen-bond acceptors (Lipinski definition) is 7. The summed E-state index contributed by atoms with van der Waals surface area (Å²) < 4.78 is 6.11. The fourth-order valence-corrected chi connectivity index (χ4v) is 8.93. The molecular weight excluding hydrogens is 630 g/mol. The molecule has 6 unspecified atom stereocenters. The molecule has 9 nitrogen and oxygen atoms in total. The van der Waals surface area contributed by atoms with Crippen molar-refractivity contribution in [3.05, 3.63) is 138 Å². The number of carbonyl (C=O) groups excluding carboxylic acids is 4. The van der Waals surface area contributed by atoms with Crippen LogP contribution in [0.15, 0.2) is 121 Å². The van der Waals surface area contributed by atoms with Crippen molar-refractivity contribution in [2.45, 2.75) is 31.1 Å². The Bertz CT molecular complexity index is 2010. The van der Waals surface area contributed by atoms with E-state index in [1.807, 2.05) is 91.9 Å². The average molecular weight is 668 g/mol. The van der Waals surface area contributed by atoms with Gasteiger partial charge in [-0.15, -0.1) is 0 Å². The van der Waals surface area contributed by atoms with Crippen molar-refractivity contribution in [3.8, 4) is 5.75 Å². The fraction of sp³-hybridized carbons (Fsp3) is 0.268. The lowest BCUT2D eigenvalue weighted by Gasteiger charge is -2.50. The number of aliphatic hydroxyl groups is 1. The maximum Gasteiger partial charge on any atom is 0.260 e. The highest BCUT2D eigenvalue weighted by atomic mass is 16.5. The quantitative estimate of drug-likeness (QED) is 0.187. The number of nitrogens with zero attached hydrogens (tertiary/aromatic N) is 2. The Hall–Kier alpha value is -5.54. The third-order valence-corrected chi connectivity index (χ3v) is 11.0. The summed E-state index contributed by atoms with van der Waals surface area (Å²) in [6, 6.07) is 33.2. The molecule has 6 atom stereocenters. The van der Waals surface area contributed by atoms with Gasteiger partial charge in [0.2, 0.25) is 11.8 Å². The minimum Gasteiger partial charge on any atom is -0.491 e. The number of para-hydroxylation sites is 2. The number of aryl methyl sites for hydroxylation is 1. The molecule has 3 fully saturated rings. The third kappa shape index (κ3) is 4.71. The molecule has 8 rings (SSSR count). The van der Waals surface area contributed by atoms with E-state index in [2.05, 4.69) is 5.43 Å². The highest BCUT2D eigenvalue weighted by Crippen LogP contribution is 2.65. The number of imide groups is 2. The van der Waals surface area contributed by atoms with Crippen LogP contribution in [0.1, 0.15) is 35.4 Å². The van der Waals surface area contributed by atoms with Crippen LogP contribution in [0.2, 0.25) is 0 Å². The smallest absolute Gasteiger partial charge is 0.260 e. The van der Waals surface area contributed by atoms with E-state index in [1.54, 1.807) is 30.3 Å². The number of ether oxygens (including phenoxy) is 1. The molecule has 0 aromatic heterocycles. The molecule has 252 valence electrons. The summed E-state index contributed by atoms with van der Waals surface area (Å²) in [7, 11) is 0. The number of amides is 4. The largest absolute Gasteiger partial charge is 0.491 e. The Morgan fingerprint density at radius 3 is 2.20 bits per heavy atom. The second-order valence-electron chi connectivity index (χ2n) is 13.5. The molecule has 1 saturated carbocycles. The van der Waals surface area contributed by atoms with Gasteiger partial charge in [-0.3, -0.25) is 29.5 Å². The van der Waals surface area contributed by atoms with Crippen molar-refractivity contribution in [1.29, 1.82) is 0 Å². The molecule has 2 saturated heterocycles. The molecule has 4 aromatic carbocycles. The molecular formula is C41H37N3O6. The zero-order chi connectivity index (χ0) is 34.6. The van der Waals surface area contributed by atoms with Gasteiger partial charge in [0.25, 0.3) is 11.8 Å². The summed E-state index contributed by atoms with van der Waals surface area (Å²) in [5, 5.41) is 10.9. The molecule has 2 N–H and O–H groups in total. The lowest BCUT2D eigenvalue weighted by Crippen LogP contribution is -2.53. The zero-order valence-corrected chi connectivity index (χ0v) is 27.6. The zero-order valence-electron chi connectivity index (χ0n) is 27.6. The number of carbonyl (C=O) groups is 4. The normalized spacial score (nSPS) is 27.1. The summed E-state index contributed by atoms with van der Waals surface area (Å²) in [6.07, 6.45) is 2.56. The second kappa shape index (κ2) is 12.4. The number of fused-ring (bicyclic) bond motifs is 4. The van der Waals surface area contributed by atoms with Crippen molar-refractivity contribution in [1.82, 2.24) is 5.01 Å². The van der Waals surface area contributed by atoms with Crippen LogP contribution in [0.25, 0.3) is 0 Å². The summed E-state index contributed by atoms with van der Waals surface area (Å²) >= 11 is 0. The number of allylic oxidation sites excluding steroid dienone is 2. The summed E-state index contributed by atoms with van der Waals surface area (Å²) in [4.78, 5) is 59.8. The van der Waals surface area contributed by atoms with E-state index in [1.165, 1.54) is 4.90 Å². The van der Waals surface area contributed by atoms with Gasteiger partial charge < -0.3 is 9.84 Å². The van der Waals surface area contributed by atoms with E-state index < -0.39 is 46.8 Å². The van der Waals surface area contributed by atoms with Crippen LogP contribution >= 0.6 is 0 Å². The van der Waals surface area contributed by atoms with E-state index >= 15 is 4.79 Å². The molecule has 9 heteroatoms. The lowest BCUT2D eigenvalue weighted by molar-refractivity contribution is -0.138. The van der Waals surface area contributed by atoms with E-state index in [-0.39, 0.29) is 31.4 Å². The van der Waals surface area contributed by atoms with Gasteiger partial charge in [-0.25, -0.2) is 0 Å². The van der Waals surface area contributed by atoms with Crippen molar-refractivity contribution >= 4 is 35.0 Å². The average Bonchev–Trinajstić information content (AvgIpc) is 3.53. The van der Waals surface area contributed by atoms with Crippen molar-refractivity contribution in [2.75, 3.05) is 23.5 Å². The number of aliphatic hydroxyl groups excluding tert-OH is 1. The van der Waals surface area contributed by atoms with E-state index in [9.17, 15) is 19.5 Å². The van der Waals surface area contributed by atoms with Crippen LogP contribution in [-0.2, 0) is 24.6 Å². The van der Waals surface area contributed by atoms with Crippen molar-refractivity contribution < 1.29 is 29.0 Å². The second-order valence-corrected chi connectivity index (χ2v) is 13.5. The summed E-state index contributed by atoms with van der Waals surface area (Å²) in [6.45, 7) is 1.79. The van der Waals surface area contributed by atoms with Crippen molar-refractivity contribution in [3.63, 3.8) is 0 Å². The number of benzene rings is 4. The first kappa shape index (κ1) is 31.7. The molecule has 4 aliphatic rings. The first-order chi connectivity index (χ1) is 24.4. The van der Waals surface area contributed by atoms with Crippen LogP contribution in [-0.4, -0.2) is 47.0 Å². The minimum atomic E-state index is -1.41. The van der Waals surface area contributed by atoms with Gasteiger partial charge in [-0.05, 0) is 61.6 Å². The fourth-order valence-electron chi connectivity index (χ4n) is 8.93. The van der Waals surface area contributed by atoms with Gasteiger partial charge in [0, 0.05) is 11.5 Å². The summed E-state index contributed by atoms with van der Waals surface area (Å²) in [5.41, 5.74) is 6.08. The highest BCUT2D eigenvalue weighted by Gasteiger charge is 2.70.